The molecule has 1 aliphatic rings. The van der Waals surface area contributed by atoms with Crippen LogP contribution in [0.4, 0.5) is 5.69 Å². The van der Waals surface area contributed by atoms with E-state index in [1.807, 2.05) is 36.6 Å². The number of nitrogens with one attached hydrogen (secondary N) is 1. The van der Waals surface area contributed by atoms with Crippen molar-refractivity contribution in [2.75, 3.05) is 25.1 Å². The highest BCUT2D eigenvalue weighted by Gasteiger charge is 2.15. The Bertz CT molecular complexity index is 680. The minimum atomic E-state index is -0.0473. The van der Waals surface area contributed by atoms with E-state index >= 15 is 0 Å². The van der Waals surface area contributed by atoms with E-state index in [4.69, 9.17) is 9.47 Å². The van der Waals surface area contributed by atoms with Crippen LogP contribution in [0.25, 0.3) is 11.3 Å². The third kappa shape index (κ3) is 4.87. The fourth-order valence-electron chi connectivity index (χ4n) is 2.63. The smallest absolute Gasteiger partial charge is 0.226 e. The third-order valence-corrected chi connectivity index (χ3v) is 4.64. The van der Waals surface area contributed by atoms with Gasteiger partial charge in [-0.15, -0.1) is 11.3 Å². The monoisotopic (exact) mass is 346 g/mol. The Balaban J connectivity index is 1.45. The molecule has 1 saturated heterocycles. The van der Waals surface area contributed by atoms with Crippen LogP contribution in [-0.2, 0) is 14.3 Å². The molecule has 1 amide bonds. The Labute approximate surface area is 146 Å². The minimum absolute atomic E-state index is 0.0473. The predicted octanol–water partition coefficient (Wildman–Crippen LogP) is 3.64. The number of nitrogens with zero attached hydrogens (tertiary/aromatic N) is 1. The highest BCUT2D eigenvalue weighted by molar-refractivity contribution is 7.09. The molecule has 0 saturated carbocycles. The van der Waals surface area contributed by atoms with E-state index in [0.29, 0.717) is 19.6 Å². The maximum atomic E-state index is 12.0. The normalized spacial score (nSPS) is 17.1. The average molecular weight is 346 g/mol. The summed E-state index contributed by atoms with van der Waals surface area (Å²) in [6.07, 6.45) is 2.69. The van der Waals surface area contributed by atoms with E-state index in [0.717, 1.165) is 41.4 Å². The number of carbonyl (C=O) groups is 1. The van der Waals surface area contributed by atoms with Gasteiger partial charge >= 0.3 is 0 Å². The summed E-state index contributed by atoms with van der Waals surface area (Å²) in [7, 11) is 0. The molecule has 1 atom stereocenters. The van der Waals surface area contributed by atoms with Crippen LogP contribution in [0, 0.1) is 6.92 Å². The third-order valence-electron chi connectivity index (χ3n) is 3.86. The molecule has 0 aliphatic carbocycles. The molecule has 5 nitrogen and oxygen atoms in total. The number of aromatic nitrogens is 1. The Kier molecular flexibility index (Phi) is 5.96. The maximum absolute atomic E-state index is 12.0. The van der Waals surface area contributed by atoms with Crippen molar-refractivity contribution in [3.8, 4) is 11.3 Å². The van der Waals surface area contributed by atoms with Crippen molar-refractivity contribution in [3.05, 3.63) is 34.7 Å². The lowest BCUT2D eigenvalue weighted by Crippen LogP contribution is -2.18. The second-order valence-corrected chi connectivity index (χ2v) is 6.90. The molecule has 0 radical (unpaired) electrons. The summed E-state index contributed by atoms with van der Waals surface area (Å²) in [6, 6.07) is 7.75. The van der Waals surface area contributed by atoms with Crippen LogP contribution in [0.5, 0.6) is 0 Å². The number of carbonyl (C=O) groups excluding carboxylic acids is 1. The SMILES string of the molecule is Cc1nc(-c2cccc(NC(=O)CCOCC3CCCO3)c2)cs1. The number of aryl methyl sites for hydroxylation is 1. The molecule has 3 rings (SSSR count). The van der Waals surface area contributed by atoms with Gasteiger partial charge in [-0.25, -0.2) is 4.98 Å². The number of thiazole rings is 1. The fourth-order valence-corrected chi connectivity index (χ4v) is 3.25. The fraction of sp³-hybridized carbons (Fsp3) is 0.444. The highest BCUT2D eigenvalue weighted by Crippen LogP contribution is 2.24. The molecule has 0 spiro atoms. The Hall–Kier alpha value is -1.76. The van der Waals surface area contributed by atoms with Crippen molar-refractivity contribution < 1.29 is 14.3 Å². The van der Waals surface area contributed by atoms with E-state index in [9.17, 15) is 4.79 Å². The van der Waals surface area contributed by atoms with Gasteiger partial charge in [0.05, 0.1) is 36.4 Å². The molecule has 128 valence electrons. The molecule has 1 aliphatic heterocycles. The van der Waals surface area contributed by atoms with E-state index < -0.39 is 0 Å². The standard InChI is InChI=1S/C18H22N2O3S/c1-13-19-17(12-24-13)14-4-2-5-15(10-14)20-18(21)7-9-22-11-16-6-3-8-23-16/h2,4-5,10,12,16H,3,6-9,11H2,1H3,(H,20,21). The summed E-state index contributed by atoms with van der Waals surface area (Å²) >= 11 is 1.62. The first kappa shape index (κ1) is 17.1. The lowest BCUT2D eigenvalue weighted by atomic mass is 10.1. The highest BCUT2D eigenvalue weighted by atomic mass is 32.1. The molecule has 1 unspecified atom stereocenters. The van der Waals surface area contributed by atoms with Gasteiger partial charge in [-0.05, 0) is 31.9 Å². The van der Waals surface area contributed by atoms with E-state index in [-0.39, 0.29) is 12.0 Å². The van der Waals surface area contributed by atoms with Gasteiger partial charge in [0, 0.05) is 23.2 Å². The Morgan fingerprint density at radius 2 is 2.42 bits per heavy atom. The molecule has 1 aromatic heterocycles. The summed E-state index contributed by atoms with van der Waals surface area (Å²) in [5.74, 6) is -0.0473. The summed E-state index contributed by atoms with van der Waals surface area (Å²) in [5, 5.41) is 5.97. The van der Waals surface area contributed by atoms with Crippen molar-refractivity contribution in [1.82, 2.24) is 4.98 Å². The first-order valence-corrected chi connectivity index (χ1v) is 9.10. The number of anilines is 1. The zero-order valence-electron chi connectivity index (χ0n) is 13.8. The molecule has 2 aromatic rings. The summed E-state index contributed by atoms with van der Waals surface area (Å²) in [4.78, 5) is 16.5. The van der Waals surface area contributed by atoms with Crippen LogP contribution in [0.2, 0.25) is 0 Å². The van der Waals surface area contributed by atoms with Gasteiger partial charge in [-0.3, -0.25) is 4.79 Å². The first-order chi connectivity index (χ1) is 11.7. The summed E-state index contributed by atoms with van der Waals surface area (Å²) in [5.41, 5.74) is 2.72. The van der Waals surface area contributed by atoms with Gasteiger partial charge < -0.3 is 14.8 Å². The molecule has 0 bridgehead atoms. The van der Waals surface area contributed by atoms with E-state index in [2.05, 4.69) is 10.3 Å². The Morgan fingerprint density at radius 3 is 3.17 bits per heavy atom. The molecule has 6 heteroatoms. The van der Waals surface area contributed by atoms with E-state index in [1.54, 1.807) is 11.3 Å². The minimum Gasteiger partial charge on any atom is -0.378 e. The predicted molar refractivity (Wildman–Crippen MR) is 95.3 cm³/mol. The number of benzene rings is 1. The molecule has 1 N–H and O–H groups in total. The van der Waals surface area contributed by atoms with Crippen molar-refractivity contribution in [2.24, 2.45) is 0 Å². The zero-order chi connectivity index (χ0) is 16.8. The quantitative estimate of drug-likeness (QED) is 0.778. The largest absolute Gasteiger partial charge is 0.378 e. The number of amides is 1. The van der Waals surface area contributed by atoms with E-state index in [1.165, 1.54) is 0 Å². The average Bonchev–Trinajstić information content (AvgIpc) is 3.23. The molecule has 1 aromatic carbocycles. The van der Waals surface area contributed by atoms with Crippen LogP contribution in [-0.4, -0.2) is 36.8 Å². The Morgan fingerprint density at radius 1 is 1.50 bits per heavy atom. The van der Waals surface area contributed by atoms with Gasteiger partial charge in [0.2, 0.25) is 5.91 Å². The van der Waals surface area contributed by atoms with Crippen molar-refractivity contribution in [1.29, 1.82) is 0 Å². The van der Waals surface area contributed by atoms with Crippen molar-refractivity contribution in [3.63, 3.8) is 0 Å². The van der Waals surface area contributed by atoms with Crippen LogP contribution in [0.15, 0.2) is 29.6 Å². The molecule has 1 fully saturated rings. The lowest BCUT2D eigenvalue weighted by Gasteiger charge is -2.10. The molecular weight excluding hydrogens is 324 g/mol. The zero-order valence-corrected chi connectivity index (χ0v) is 14.6. The topological polar surface area (TPSA) is 60.5 Å². The first-order valence-electron chi connectivity index (χ1n) is 8.22. The molecule has 2 heterocycles. The molecule has 24 heavy (non-hydrogen) atoms. The van der Waals surface area contributed by atoms with Crippen molar-refractivity contribution in [2.45, 2.75) is 32.3 Å². The summed E-state index contributed by atoms with van der Waals surface area (Å²) in [6.45, 7) is 3.79. The number of ether oxygens (including phenoxy) is 2. The van der Waals surface area contributed by atoms with Gasteiger partial charge in [-0.1, -0.05) is 12.1 Å². The number of hydrogen-bond acceptors (Lipinski definition) is 5. The molecular formula is C18H22N2O3S. The van der Waals surface area contributed by atoms with Gasteiger partial charge in [0.1, 0.15) is 0 Å². The van der Waals surface area contributed by atoms with Crippen molar-refractivity contribution >= 4 is 22.9 Å². The lowest BCUT2D eigenvalue weighted by molar-refractivity contribution is -0.117. The van der Waals surface area contributed by atoms with Crippen LogP contribution in [0.1, 0.15) is 24.3 Å². The van der Waals surface area contributed by atoms with Crippen LogP contribution in [0.3, 0.4) is 0 Å². The van der Waals surface area contributed by atoms with Crippen LogP contribution >= 0.6 is 11.3 Å². The van der Waals surface area contributed by atoms with Crippen LogP contribution < -0.4 is 5.32 Å². The second kappa shape index (κ2) is 8.37. The number of hydrogen-bond donors (Lipinski definition) is 1. The number of rotatable bonds is 7. The van der Waals surface area contributed by atoms with Gasteiger partial charge in [0.25, 0.3) is 0 Å². The maximum Gasteiger partial charge on any atom is 0.226 e. The van der Waals surface area contributed by atoms with Gasteiger partial charge in [-0.2, -0.15) is 0 Å². The second-order valence-electron chi connectivity index (χ2n) is 5.84. The summed E-state index contributed by atoms with van der Waals surface area (Å²) < 4.78 is 11.0. The van der Waals surface area contributed by atoms with Gasteiger partial charge in [0.15, 0.2) is 0 Å².